The smallest absolute Gasteiger partial charge is 0.328 e. The summed E-state index contributed by atoms with van der Waals surface area (Å²) in [4.78, 5) is 24.2. The maximum absolute atomic E-state index is 14.0. The lowest BCUT2D eigenvalue weighted by atomic mass is 9.96. The molecule has 0 saturated carbocycles. The third-order valence-electron chi connectivity index (χ3n) is 5.42. The molecule has 10 heteroatoms. The maximum atomic E-state index is 14.0. The van der Waals surface area contributed by atoms with Crippen LogP contribution in [0.5, 0.6) is 0 Å². The predicted octanol–water partition coefficient (Wildman–Crippen LogP) is 2.27. The molecular weight excluding hydrogens is 442 g/mol. The van der Waals surface area contributed by atoms with Gasteiger partial charge in [0.1, 0.15) is 22.6 Å². The second kappa shape index (κ2) is 10.2. The molecule has 2 aromatic carbocycles. The van der Waals surface area contributed by atoms with Crippen molar-refractivity contribution in [2.45, 2.75) is 30.2 Å². The lowest BCUT2D eigenvalue weighted by molar-refractivity contribution is -0.145. The largest absolute Gasteiger partial charge is 0.467 e. The fourth-order valence-electron chi connectivity index (χ4n) is 3.65. The van der Waals surface area contributed by atoms with Crippen LogP contribution in [0.4, 0.5) is 8.78 Å². The van der Waals surface area contributed by atoms with Gasteiger partial charge >= 0.3 is 5.97 Å². The lowest BCUT2D eigenvalue weighted by Crippen LogP contribution is -2.48. The van der Waals surface area contributed by atoms with Crippen LogP contribution in [0, 0.1) is 17.6 Å². The van der Waals surface area contributed by atoms with Crippen molar-refractivity contribution in [2.24, 2.45) is 5.92 Å². The molecule has 1 heterocycles. The van der Waals surface area contributed by atoms with Gasteiger partial charge in [-0.2, -0.15) is 4.31 Å². The number of sulfonamides is 1. The molecule has 1 N–H and O–H groups in total. The SMILES string of the molecule is COC(=O)[C@@H](Cc1ccccc1)NC(=O)C1CCN(S(=O)(=O)c2cc(F)ccc2F)CC1. The van der Waals surface area contributed by atoms with E-state index in [4.69, 9.17) is 4.74 Å². The van der Waals surface area contributed by atoms with Crippen LogP contribution >= 0.6 is 0 Å². The van der Waals surface area contributed by atoms with E-state index >= 15 is 0 Å². The summed E-state index contributed by atoms with van der Waals surface area (Å²) in [7, 11) is -3.00. The molecule has 3 rings (SSSR count). The number of nitrogens with zero attached hydrogens (tertiary/aromatic N) is 1. The van der Waals surface area contributed by atoms with Crippen LogP contribution in [0.3, 0.4) is 0 Å². The van der Waals surface area contributed by atoms with Crippen molar-refractivity contribution in [2.75, 3.05) is 20.2 Å². The standard InChI is InChI=1S/C22H24F2N2O5S/c1-31-22(28)19(13-15-5-3-2-4-6-15)25-21(27)16-9-11-26(12-10-16)32(29,30)20-14-17(23)7-8-18(20)24/h2-8,14,16,19H,9-13H2,1H3,(H,25,27)/t19-/m1/s1. The minimum atomic E-state index is -4.23. The molecule has 172 valence electrons. The number of carbonyl (C=O) groups excluding carboxylic acids is 2. The molecule has 0 bridgehead atoms. The van der Waals surface area contributed by atoms with Gasteiger partial charge in [-0.3, -0.25) is 4.79 Å². The Hall–Kier alpha value is -2.85. The van der Waals surface area contributed by atoms with E-state index in [0.717, 1.165) is 22.0 Å². The second-order valence-corrected chi connectivity index (χ2v) is 9.43. The Kier molecular flexibility index (Phi) is 7.57. The minimum Gasteiger partial charge on any atom is -0.467 e. The van der Waals surface area contributed by atoms with Gasteiger partial charge < -0.3 is 10.1 Å². The van der Waals surface area contributed by atoms with E-state index in [2.05, 4.69) is 5.32 Å². The molecule has 1 amide bonds. The van der Waals surface area contributed by atoms with Gasteiger partial charge in [-0.05, 0) is 36.6 Å². The predicted molar refractivity (Wildman–Crippen MR) is 112 cm³/mol. The van der Waals surface area contributed by atoms with Crippen molar-refractivity contribution in [3.8, 4) is 0 Å². The number of methoxy groups -OCH3 is 1. The number of hydrogen-bond donors (Lipinski definition) is 1. The molecule has 1 fully saturated rings. The number of amides is 1. The van der Waals surface area contributed by atoms with Crippen molar-refractivity contribution < 1.29 is 31.5 Å². The van der Waals surface area contributed by atoms with Crippen LogP contribution in [-0.4, -0.2) is 50.8 Å². The van der Waals surface area contributed by atoms with Gasteiger partial charge in [0, 0.05) is 25.4 Å². The van der Waals surface area contributed by atoms with Crippen LogP contribution < -0.4 is 5.32 Å². The van der Waals surface area contributed by atoms with E-state index in [1.807, 2.05) is 30.3 Å². The van der Waals surface area contributed by atoms with Gasteiger partial charge in [0.05, 0.1) is 7.11 Å². The van der Waals surface area contributed by atoms with Crippen LogP contribution in [0.1, 0.15) is 18.4 Å². The topological polar surface area (TPSA) is 92.8 Å². The van der Waals surface area contributed by atoms with Crippen molar-refractivity contribution in [3.05, 3.63) is 65.7 Å². The van der Waals surface area contributed by atoms with E-state index in [1.165, 1.54) is 7.11 Å². The number of esters is 1. The fourth-order valence-corrected chi connectivity index (χ4v) is 5.19. The van der Waals surface area contributed by atoms with Crippen LogP contribution in [0.15, 0.2) is 53.4 Å². The number of ether oxygens (including phenoxy) is 1. The van der Waals surface area contributed by atoms with Gasteiger partial charge in [-0.25, -0.2) is 22.0 Å². The normalized spacial score (nSPS) is 16.3. The third kappa shape index (κ3) is 5.49. The van der Waals surface area contributed by atoms with Crippen LogP contribution in [0.2, 0.25) is 0 Å². The van der Waals surface area contributed by atoms with E-state index in [0.29, 0.717) is 6.07 Å². The summed E-state index contributed by atoms with van der Waals surface area (Å²) in [6.07, 6.45) is 0.619. The first kappa shape index (κ1) is 23.8. The number of carbonyl (C=O) groups is 2. The zero-order valence-electron chi connectivity index (χ0n) is 17.5. The molecule has 1 atom stereocenters. The summed E-state index contributed by atoms with van der Waals surface area (Å²) in [5, 5.41) is 2.70. The Balaban J connectivity index is 1.64. The van der Waals surface area contributed by atoms with Gasteiger partial charge in [0.2, 0.25) is 15.9 Å². The highest BCUT2D eigenvalue weighted by Gasteiger charge is 2.35. The Morgan fingerprint density at radius 1 is 1.12 bits per heavy atom. The number of rotatable bonds is 7. The number of halogens is 2. The van der Waals surface area contributed by atoms with Gasteiger partial charge in [-0.1, -0.05) is 30.3 Å². The summed E-state index contributed by atoms with van der Waals surface area (Å²) in [5.74, 6) is -3.38. The van der Waals surface area contributed by atoms with E-state index < -0.39 is 44.5 Å². The van der Waals surface area contributed by atoms with Crippen molar-refractivity contribution in [3.63, 3.8) is 0 Å². The monoisotopic (exact) mass is 466 g/mol. The first-order valence-electron chi connectivity index (χ1n) is 10.1. The van der Waals surface area contributed by atoms with Gasteiger partial charge in [0.15, 0.2) is 0 Å². The van der Waals surface area contributed by atoms with Crippen molar-refractivity contribution in [1.82, 2.24) is 9.62 Å². The fraction of sp³-hybridized carbons (Fsp3) is 0.364. The molecule has 1 aliphatic rings. The highest BCUT2D eigenvalue weighted by Crippen LogP contribution is 2.26. The average Bonchev–Trinajstić information content (AvgIpc) is 2.80. The lowest BCUT2D eigenvalue weighted by Gasteiger charge is -2.31. The highest BCUT2D eigenvalue weighted by atomic mass is 32.2. The molecule has 0 unspecified atom stereocenters. The molecule has 1 aliphatic heterocycles. The molecule has 0 aliphatic carbocycles. The third-order valence-corrected chi connectivity index (χ3v) is 7.33. The first-order valence-corrected chi connectivity index (χ1v) is 11.5. The summed E-state index contributed by atoms with van der Waals surface area (Å²) in [6, 6.07) is 10.5. The molecule has 2 aromatic rings. The Morgan fingerprint density at radius 2 is 1.78 bits per heavy atom. The zero-order valence-corrected chi connectivity index (χ0v) is 18.3. The molecule has 1 saturated heterocycles. The van der Waals surface area contributed by atoms with E-state index in [-0.39, 0.29) is 38.3 Å². The van der Waals surface area contributed by atoms with Gasteiger partial charge in [-0.15, -0.1) is 0 Å². The number of piperidine rings is 1. The first-order chi connectivity index (χ1) is 15.2. The Bertz CT molecular complexity index is 1070. The molecule has 0 radical (unpaired) electrons. The molecular formula is C22H24F2N2O5S. The summed E-state index contributed by atoms with van der Waals surface area (Å²) in [6.45, 7) is -0.0596. The Labute approximate surface area is 185 Å². The summed E-state index contributed by atoms with van der Waals surface area (Å²) < 4.78 is 58.7. The second-order valence-electron chi connectivity index (χ2n) is 7.53. The van der Waals surface area contributed by atoms with Crippen LogP contribution in [0.25, 0.3) is 0 Å². The Morgan fingerprint density at radius 3 is 2.41 bits per heavy atom. The molecule has 7 nitrogen and oxygen atoms in total. The summed E-state index contributed by atoms with van der Waals surface area (Å²) >= 11 is 0. The molecule has 0 spiro atoms. The van der Waals surface area contributed by atoms with Crippen molar-refractivity contribution in [1.29, 1.82) is 0 Å². The van der Waals surface area contributed by atoms with Gasteiger partial charge in [0.25, 0.3) is 0 Å². The van der Waals surface area contributed by atoms with E-state index in [9.17, 15) is 26.8 Å². The number of nitrogens with one attached hydrogen (secondary N) is 1. The maximum Gasteiger partial charge on any atom is 0.328 e. The minimum absolute atomic E-state index is 0.0298. The molecule has 0 aromatic heterocycles. The number of hydrogen-bond acceptors (Lipinski definition) is 5. The molecule has 32 heavy (non-hydrogen) atoms. The quantitative estimate of drug-likeness (QED) is 0.632. The summed E-state index contributed by atoms with van der Waals surface area (Å²) in [5.41, 5.74) is 0.848. The zero-order chi connectivity index (χ0) is 23.3. The van der Waals surface area contributed by atoms with Crippen LogP contribution in [-0.2, 0) is 30.8 Å². The van der Waals surface area contributed by atoms with Crippen molar-refractivity contribution >= 4 is 21.9 Å². The average molecular weight is 467 g/mol. The van der Waals surface area contributed by atoms with E-state index in [1.54, 1.807) is 0 Å². The highest BCUT2D eigenvalue weighted by molar-refractivity contribution is 7.89. The number of benzene rings is 2.